The second-order valence-electron chi connectivity index (χ2n) is 6.00. The highest BCUT2D eigenvalue weighted by Gasteiger charge is 2.40. The molecule has 1 fully saturated rings. The van der Waals surface area contributed by atoms with Gasteiger partial charge in [0.05, 0.1) is 5.92 Å². The molecule has 0 aliphatic heterocycles. The van der Waals surface area contributed by atoms with E-state index in [4.69, 9.17) is 10.5 Å². The van der Waals surface area contributed by atoms with E-state index in [1.165, 1.54) is 0 Å². The molecule has 0 spiro atoms. The molecule has 3 rings (SSSR count). The summed E-state index contributed by atoms with van der Waals surface area (Å²) in [6.07, 6.45) is 1.77. The standard InChI is InChI=1S/C17H21N5O2/c1-3-11-6-4-5-7-13(11)19-17-21-14(20-16(18)22-17)9-24-15(23)12-8-10(12)2/h4-7,10,12H,3,8-9H2,1-2H3,(H3,18,19,20,21,22)/t10-,12-/m1/s1. The largest absolute Gasteiger partial charge is 0.457 e. The Kier molecular flexibility index (Phi) is 4.59. The molecule has 3 N–H and O–H groups in total. The van der Waals surface area contributed by atoms with Crippen LogP contribution in [-0.2, 0) is 22.6 Å². The molecular weight excluding hydrogens is 306 g/mol. The average molecular weight is 327 g/mol. The predicted molar refractivity (Wildman–Crippen MR) is 90.4 cm³/mol. The number of nitrogens with two attached hydrogens (primary N) is 1. The molecule has 1 heterocycles. The van der Waals surface area contributed by atoms with Gasteiger partial charge in [0.15, 0.2) is 12.4 Å². The fraction of sp³-hybridized carbons (Fsp3) is 0.412. The van der Waals surface area contributed by atoms with Crippen molar-refractivity contribution >= 4 is 23.6 Å². The molecule has 1 aliphatic rings. The Morgan fingerprint density at radius 3 is 2.79 bits per heavy atom. The maximum atomic E-state index is 11.8. The van der Waals surface area contributed by atoms with Crippen molar-refractivity contribution in [1.82, 2.24) is 15.0 Å². The number of carbonyl (C=O) groups is 1. The highest BCUT2D eigenvalue weighted by atomic mass is 16.5. The van der Waals surface area contributed by atoms with E-state index in [1.54, 1.807) is 0 Å². The lowest BCUT2D eigenvalue weighted by atomic mass is 10.1. The summed E-state index contributed by atoms with van der Waals surface area (Å²) in [6.45, 7) is 4.10. The summed E-state index contributed by atoms with van der Waals surface area (Å²) >= 11 is 0. The van der Waals surface area contributed by atoms with E-state index in [9.17, 15) is 4.79 Å². The van der Waals surface area contributed by atoms with E-state index >= 15 is 0 Å². The molecule has 126 valence electrons. The van der Waals surface area contributed by atoms with Crippen LogP contribution in [0.3, 0.4) is 0 Å². The molecule has 2 aromatic rings. The van der Waals surface area contributed by atoms with Gasteiger partial charge in [-0.2, -0.15) is 15.0 Å². The minimum atomic E-state index is -0.202. The van der Waals surface area contributed by atoms with E-state index in [0.717, 1.165) is 24.1 Å². The van der Waals surface area contributed by atoms with Gasteiger partial charge >= 0.3 is 5.97 Å². The summed E-state index contributed by atoms with van der Waals surface area (Å²) in [5.41, 5.74) is 7.80. The van der Waals surface area contributed by atoms with Crippen LogP contribution in [-0.4, -0.2) is 20.9 Å². The highest BCUT2D eigenvalue weighted by Crippen LogP contribution is 2.38. The Morgan fingerprint density at radius 2 is 2.08 bits per heavy atom. The minimum absolute atomic E-state index is 0.00111. The number of nitrogens with one attached hydrogen (secondary N) is 1. The smallest absolute Gasteiger partial charge is 0.309 e. The Morgan fingerprint density at radius 1 is 1.33 bits per heavy atom. The molecule has 0 radical (unpaired) electrons. The van der Waals surface area contributed by atoms with Crippen LogP contribution in [0.15, 0.2) is 24.3 Å². The van der Waals surface area contributed by atoms with Crippen molar-refractivity contribution in [3.05, 3.63) is 35.7 Å². The molecule has 1 aliphatic carbocycles. The molecule has 1 saturated carbocycles. The zero-order chi connectivity index (χ0) is 17.1. The summed E-state index contributed by atoms with van der Waals surface area (Å²) in [7, 11) is 0. The fourth-order valence-electron chi connectivity index (χ4n) is 2.52. The van der Waals surface area contributed by atoms with E-state index in [0.29, 0.717) is 17.7 Å². The maximum absolute atomic E-state index is 11.8. The van der Waals surface area contributed by atoms with Gasteiger partial charge in [0.25, 0.3) is 0 Å². The van der Waals surface area contributed by atoms with Gasteiger partial charge in [-0.15, -0.1) is 0 Å². The number of anilines is 3. The molecule has 1 aromatic heterocycles. The van der Waals surface area contributed by atoms with Crippen molar-refractivity contribution in [3.63, 3.8) is 0 Å². The number of hydrogen-bond acceptors (Lipinski definition) is 7. The first-order chi connectivity index (χ1) is 11.6. The summed E-state index contributed by atoms with van der Waals surface area (Å²) in [4.78, 5) is 24.2. The number of nitrogen functional groups attached to an aromatic ring is 1. The van der Waals surface area contributed by atoms with Gasteiger partial charge in [0, 0.05) is 5.69 Å². The Hall–Kier alpha value is -2.70. The van der Waals surface area contributed by atoms with E-state index in [1.807, 2.05) is 31.2 Å². The number of rotatable bonds is 6. The summed E-state index contributed by atoms with van der Waals surface area (Å²) in [5, 5.41) is 3.15. The van der Waals surface area contributed by atoms with Crippen LogP contribution in [0.1, 0.15) is 31.7 Å². The molecule has 0 saturated heterocycles. The summed E-state index contributed by atoms with van der Waals surface area (Å²) < 4.78 is 5.25. The number of carbonyl (C=O) groups excluding carboxylic acids is 1. The van der Waals surface area contributed by atoms with E-state index in [2.05, 4.69) is 27.2 Å². The third kappa shape index (κ3) is 3.79. The third-order valence-corrected chi connectivity index (χ3v) is 4.10. The molecule has 7 nitrogen and oxygen atoms in total. The quantitative estimate of drug-likeness (QED) is 0.785. The van der Waals surface area contributed by atoms with Crippen LogP contribution in [0.25, 0.3) is 0 Å². The molecule has 2 atom stereocenters. The predicted octanol–water partition coefficient (Wildman–Crippen LogP) is 2.46. The van der Waals surface area contributed by atoms with Crippen molar-refractivity contribution in [1.29, 1.82) is 0 Å². The Balaban J connectivity index is 1.70. The minimum Gasteiger partial charge on any atom is -0.457 e. The number of para-hydroxylation sites is 1. The first-order valence-electron chi connectivity index (χ1n) is 8.08. The van der Waals surface area contributed by atoms with Crippen LogP contribution < -0.4 is 11.1 Å². The Bertz CT molecular complexity index is 750. The van der Waals surface area contributed by atoms with Gasteiger partial charge in [-0.25, -0.2) is 0 Å². The fourth-order valence-corrected chi connectivity index (χ4v) is 2.52. The lowest BCUT2D eigenvalue weighted by Crippen LogP contribution is -2.12. The molecule has 0 amide bonds. The second-order valence-corrected chi connectivity index (χ2v) is 6.00. The zero-order valence-corrected chi connectivity index (χ0v) is 13.8. The molecule has 24 heavy (non-hydrogen) atoms. The topological polar surface area (TPSA) is 103 Å². The number of esters is 1. The number of nitrogens with zero attached hydrogens (tertiary/aromatic N) is 3. The van der Waals surface area contributed by atoms with Gasteiger partial charge in [-0.05, 0) is 30.4 Å². The van der Waals surface area contributed by atoms with Gasteiger partial charge < -0.3 is 15.8 Å². The molecule has 0 unspecified atom stereocenters. The number of aryl methyl sites for hydroxylation is 1. The lowest BCUT2D eigenvalue weighted by molar-refractivity contribution is -0.147. The monoisotopic (exact) mass is 327 g/mol. The molecule has 1 aromatic carbocycles. The normalized spacial score (nSPS) is 18.9. The maximum Gasteiger partial charge on any atom is 0.309 e. The van der Waals surface area contributed by atoms with Gasteiger partial charge in [0.1, 0.15) is 0 Å². The van der Waals surface area contributed by atoms with Crippen molar-refractivity contribution in [2.24, 2.45) is 11.8 Å². The first kappa shape index (κ1) is 16.2. The van der Waals surface area contributed by atoms with Gasteiger partial charge in [-0.3, -0.25) is 4.79 Å². The highest BCUT2D eigenvalue weighted by molar-refractivity contribution is 5.75. The number of benzene rings is 1. The summed E-state index contributed by atoms with van der Waals surface area (Å²) in [5.74, 6) is 0.983. The third-order valence-electron chi connectivity index (χ3n) is 4.10. The SMILES string of the molecule is CCc1ccccc1Nc1nc(N)nc(COC(=O)[C@@H]2C[C@H]2C)n1. The molecule has 7 heteroatoms. The van der Waals surface area contributed by atoms with Crippen LogP contribution in [0.4, 0.5) is 17.6 Å². The van der Waals surface area contributed by atoms with Gasteiger partial charge in [-0.1, -0.05) is 32.0 Å². The van der Waals surface area contributed by atoms with Crippen LogP contribution in [0, 0.1) is 11.8 Å². The van der Waals surface area contributed by atoms with Crippen molar-refractivity contribution in [2.45, 2.75) is 33.3 Å². The van der Waals surface area contributed by atoms with Crippen molar-refractivity contribution in [3.8, 4) is 0 Å². The van der Waals surface area contributed by atoms with Crippen molar-refractivity contribution in [2.75, 3.05) is 11.1 Å². The lowest BCUT2D eigenvalue weighted by Gasteiger charge is -2.10. The number of hydrogen-bond donors (Lipinski definition) is 2. The van der Waals surface area contributed by atoms with Crippen molar-refractivity contribution < 1.29 is 9.53 Å². The van der Waals surface area contributed by atoms with E-state index < -0.39 is 0 Å². The van der Waals surface area contributed by atoms with Crippen LogP contribution in [0.2, 0.25) is 0 Å². The average Bonchev–Trinajstić information content (AvgIpc) is 3.29. The first-order valence-corrected chi connectivity index (χ1v) is 8.08. The second kappa shape index (κ2) is 6.82. The molecular formula is C17H21N5O2. The van der Waals surface area contributed by atoms with Crippen LogP contribution >= 0.6 is 0 Å². The zero-order valence-electron chi connectivity index (χ0n) is 13.8. The summed E-state index contributed by atoms with van der Waals surface area (Å²) in [6, 6.07) is 7.90. The van der Waals surface area contributed by atoms with Gasteiger partial charge in [0.2, 0.25) is 11.9 Å². The Labute approximate surface area is 140 Å². The molecule has 0 bridgehead atoms. The van der Waals surface area contributed by atoms with Crippen LogP contribution in [0.5, 0.6) is 0 Å². The number of ether oxygens (including phenoxy) is 1. The number of aromatic nitrogens is 3. The van der Waals surface area contributed by atoms with E-state index in [-0.39, 0.29) is 24.4 Å².